The summed E-state index contributed by atoms with van der Waals surface area (Å²) in [7, 11) is 0. The highest BCUT2D eigenvalue weighted by molar-refractivity contribution is 6.08. The normalized spacial score (nSPS) is 18.2. The zero-order valence-electron chi connectivity index (χ0n) is 24.0. The van der Waals surface area contributed by atoms with Gasteiger partial charge in [-0.3, -0.25) is 9.79 Å². The minimum Gasteiger partial charge on any atom is -0.504 e. The molecule has 0 aromatic heterocycles. The van der Waals surface area contributed by atoms with E-state index in [2.05, 4.69) is 29.8 Å². The van der Waals surface area contributed by atoms with Crippen molar-refractivity contribution < 1.29 is 19.7 Å². The van der Waals surface area contributed by atoms with Crippen LogP contribution in [0.25, 0.3) is 0 Å². The summed E-state index contributed by atoms with van der Waals surface area (Å²) in [6.45, 7) is 5.52. The highest BCUT2D eigenvalue weighted by Gasteiger charge is 2.28. The lowest BCUT2D eigenvalue weighted by molar-refractivity contribution is -0.121. The van der Waals surface area contributed by atoms with Crippen molar-refractivity contribution in [2.75, 3.05) is 13.3 Å². The van der Waals surface area contributed by atoms with Gasteiger partial charge in [0.05, 0.1) is 18.4 Å². The first-order valence-electron chi connectivity index (χ1n) is 15.2. The molecule has 2 heterocycles. The van der Waals surface area contributed by atoms with Crippen LogP contribution in [-0.4, -0.2) is 46.0 Å². The van der Waals surface area contributed by atoms with E-state index in [-0.39, 0.29) is 18.0 Å². The average Bonchev–Trinajstić information content (AvgIpc) is 3.50. The maximum atomic E-state index is 12.5. The second kappa shape index (κ2) is 14.7. The fourth-order valence-corrected chi connectivity index (χ4v) is 6.06. The van der Waals surface area contributed by atoms with E-state index in [0.29, 0.717) is 44.2 Å². The second-order valence-electron chi connectivity index (χ2n) is 12.1. The van der Waals surface area contributed by atoms with E-state index in [0.717, 1.165) is 42.9 Å². The number of phenols is 1. The molecule has 3 aliphatic rings. The van der Waals surface area contributed by atoms with Crippen LogP contribution in [0.1, 0.15) is 103 Å². The van der Waals surface area contributed by atoms with Crippen molar-refractivity contribution in [1.29, 1.82) is 0 Å². The van der Waals surface area contributed by atoms with Crippen molar-refractivity contribution in [3.63, 3.8) is 0 Å². The molecular weight excluding hydrogens is 488 g/mol. The monoisotopic (exact) mass is 536 g/mol. The van der Waals surface area contributed by atoms with E-state index in [1.807, 2.05) is 18.3 Å². The zero-order chi connectivity index (χ0) is 27.6. The number of ketones is 1. The molecule has 1 saturated carbocycles. The fraction of sp³-hybridized carbons (Fsp3) is 0.636. The number of hydrogen-bond donors (Lipinski definition) is 2. The summed E-state index contributed by atoms with van der Waals surface area (Å²) in [5.74, 6) is 2.11. The number of aliphatic imine (C=N–C) groups is 1. The smallest absolute Gasteiger partial charge is 0.163 e. The van der Waals surface area contributed by atoms with E-state index in [9.17, 15) is 15.0 Å². The van der Waals surface area contributed by atoms with Crippen LogP contribution < -0.4 is 4.74 Å². The number of rotatable bonds is 16. The van der Waals surface area contributed by atoms with Gasteiger partial charge >= 0.3 is 0 Å². The molecule has 0 bridgehead atoms. The van der Waals surface area contributed by atoms with Gasteiger partial charge in [-0.25, -0.2) is 0 Å². The summed E-state index contributed by atoms with van der Waals surface area (Å²) in [5, 5.41) is 20.8. The molecule has 0 spiro atoms. The second-order valence-corrected chi connectivity index (χ2v) is 12.1. The molecule has 6 nitrogen and oxygen atoms in total. The Kier molecular flexibility index (Phi) is 11.1. The van der Waals surface area contributed by atoms with Crippen molar-refractivity contribution in [3.8, 4) is 11.5 Å². The first-order valence-corrected chi connectivity index (χ1v) is 15.2. The Morgan fingerprint density at radius 2 is 1.95 bits per heavy atom. The third kappa shape index (κ3) is 8.96. The van der Waals surface area contributed by atoms with E-state index < -0.39 is 6.10 Å². The van der Waals surface area contributed by atoms with E-state index in [1.165, 1.54) is 49.8 Å². The largest absolute Gasteiger partial charge is 0.504 e. The van der Waals surface area contributed by atoms with Gasteiger partial charge in [0.1, 0.15) is 5.78 Å². The quantitative estimate of drug-likeness (QED) is 0.220. The van der Waals surface area contributed by atoms with Gasteiger partial charge in [0.2, 0.25) is 0 Å². The predicted octanol–water partition coefficient (Wildman–Crippen LogP) is 7.10. The molecule has 1 fully saturated rings. The number of Topliss-reactive ketones (excluding diaryl/α,β-unsaturated/α-hetero) is 1. The molecule has 0 radical (unpaired) electrons. The van der Waals surface area contributed by atoms with Crippen molar-refractivity contribution >= 4 is 11.5 Å². The van der Waals surface area contributed by atoms with E-state index in [1.54, 1.807) is 6.07 Å². The van der Waals surface area contributed by atoms with Crippen molar-refractivity contribution in [2.24, 2.45) is 16.8 Å². The molecule has 4 rings (SSSR count). The number of unbranched alkanes of at least 4 members (excludes halogenated alkanes) is 1. The lowest BCUT2D eigenvalue weighted by Crippen LogP contribution is -2.27. The van der Waals surface area contributed by atoms with Crippen molar-refractivity contribution in [3.05, 3.63) is 47.3 Å². The number of benzene rings is 1. The van der Waals surface area contributed by atoms with Crippen molar-refractivity contribution in [2.45, 2.75) is 110 Å². The Bertz CT molecular complexity index is 1050. The number of aliphatic hydroxyl groups excluding tert-OH is 1. The first-order chi connectivity index (χ1) is 18.9. The number of carbonyl (C=O) groups is 1. The Labute approximate surface area is 234 Å². The minimum absolute atomic E-state index is 0.0872. The number of hydrogen-bond acceptors (Lipinski definition) is 6. The zero-order valence-corrected chi connectivity index (χ0v) is 24.0. The number of nitrogens with zero attached hydrogens (tertiary/aromatic N) is 2. The summed E-state index contributed by atoms with van der Waals surface area (Å²) < 4.78 is 6.07. The summed E-state index contributed by atoms with van der Waals surface area (Å²) in [6, 6.07) is 5.31. The van der Waals surface area contributed by atoms with Crippen LogP contribution in [0.4, 0.5) is 0 Å². The van der Waals surface area contributed by atoms with Gasteiger partial charge in [-0.05, 0) is 61.3 Å². The SMILES string of the molecule is CC(C)CCC1=C2C=CN=C2CN1COc1cc(CCC(=O)CC(O)CCCCC2CCCCC2)ccc1O. The lowest BCUT2D eigenvalue weighted by Gasteiger charge is -2.23. The summed E-state index contributed by atoms with van der Waals surface area (Å²) in [5.41, 5.74) is 4.49. The third-order valence-corrected chi connectivity index (χ3v) is 8.45. The standard InChI is InChI=1S/C33H48N2O4/c1-24(2)12-16-31-29-18-19-34-30(29)22-35(31)23-39-33-20-26(14-17-32(33)38)13-15-28(37)21-27(36)11-7-6-10-25-8-4-3-5-9-25/h14,17-20,24-25,27,36,38H,3-13,15-16,21-23H2,1-2H3. The number of aryl methyl sites for hydroxylation is 1. The fourth-order valence-electron chi connectivity index (χ4n) is 6.06. The maximum Gasteiger partial charge on any atom is 0.163 e. The molecule has 6 heteroatoms. The van der Waals surface area contributed by atoms with Crippen LogP contribution in [0.3, 0.4) is 0 Å². The van der Waals surface area contributed by atoms with E-state index in [4.69, 9.17) is 4.74 Å². The van der Waals surface area contributed by atoms with Crippen LogP contribution in [0, 0.1) is 11.8 Å². The predicted molar refractivity (Wildman–Crippen MR) is 157 cm³/mol. The van der Waals surface area contributed by atoms with Crippen LogP contribution in [-0.2, 0) is 11.2 Å². The molecule has 2 N–H and O–H groups in total. The van der Waals surface area contributed by atoms with Gasteiger partial charge in [0, 0.05) is 30.3 Å². The number of phenolic OH excluding ortho intramolecular Hbond substituents is 1. The Morgan fingerprint density at radius 3 is 2.74 bits per heavy atom. The van der Waals surface area contributed by atoms with Gasteiger partial charge in [-0.15, -0.1) is 0 Å². The Hall–Kier alpha value is -2.60. The van der Waals surface area contributed by atoms with Crippen LogP contribution in [0.5, 0.6) is 11.5 Å². The molecule has 0 amide bonds. The maximum absolute atomic E-state index is 12.5. The summed E-state index contributed by atoms with van der Waals surface area (Å²) in [4.78, 5) is 19.2. The lowest BCUT2D eigenvalue weighted by atomic mass is 9.85. The number of fused-ring (bicyclic) bond motifs is 1. The first kappa shape index (κ1) is 29.4. The topological polar surface area (TPSA) is 82.4 Å². The number of aromatic hydroxyl groups is 1. The van der Waals surface area contributed by atoms with Crippen LogP contribution in [0.15, 0.2) is 46.7 Å². The number of ether oxygens (including phenoxy) is 1. The molecule has 1 aromatic carbocycles. The van der Waals surface area contributed by atoms with Crippen LogP contribution in [0.2, 0.25) is 0 Å². The van der Waals surface area contributed by atoms with Gasteiger partial charge in [0.25, 0.3) is 0 Å². The number of aliphatic hydroxyl groups is 1. The minimum atomic E-state index is -0.541. The molecule has 1 atom stereocenters. The number of carbonyl (C=O) groups excluding carboxylic acids is 1. The van der Waals surface area contributed by atoms with Gasteiger partial charge in [-0.2, -0.15) is 0 Å². The molecule has 1 unspecified atom stereocenters. The Balaban J connectivity index is 1.19. The van der Waals surface area contributed by atoms with Gasteiger partial charge in [0.15, 0.2) is 18.2 Å². The highest BCUT2D eigenvalue weighted by atomic mass is 16.5. The van der Waals surface area contributed by atoms with Gasteiger partial charge in [-0.1, -0.05) is 71.3 Å². The van der Waals surface area contributed by atoms with Crippen LogP contribution >= 0.6 is 0 Å². The Morgan fingerprint density at radius 1 is 1.13 bits per heavy atom. The molecule has 2 aliphatic heterocycles. The summed E-state index contributed by atoms with van der Waals surface area (Å²) in [6.07, 6.45) is 17.7. The molecular formula is C33H48N2O4. The highest BCUT2D eigenvalue weighted by Crippen LogP contribution is 2.32. The molecule has 39 heavy (non-hydrogen) atoms. The average molecular weight is 537 g/mol. The van der Waals surface area contributed by atoms with E-state index >= 15 is 0 Å². The molecule has 1 aromatic rings. The van der Waals surface area contributed by atoms with Crippen molar-refractivity contribution in [1.82, 2.24) is 4.90 Å². The summed E-state index contributed by atoms with van der Waals surface area (Å²) >= 11 is 0. The van der Waals surface area contributed by atoms with Gasteiger partial charge < -0.3 is 19.8 Å². The molecule has 0 saturated heterocycles. The number of allylic oxidation sites excluding steroid dienone is 2. The molecule has 1 aliphatic carbocycles. The third-order valence-electron chi connectivity index (χ3n) is 8.45. The molecule has 214 valence electrons.